The molecule has 0 radical (unpaired) electrons. The van der Waals surface area contributed by atoms with Gasteiger partial charge in [0.05, 0.1) is 11.6 Å². The SMILES string of the molecule is CCCC(C)COCC(C(N)=S)C(F)(F)F. The Morgan fingerprint density at radius 1 is 1.38 bits per heavy atom. The van der Waals surface area contributed by atoms with E-state index in [1.807, 2.05) is 13.8 Å². The Morgan fingerprint density at radius 3 is 2.31 bits per heavy atom. The minimum Gasteiger partial charge on any atom is -0.393 e. The molecular weight excluding hydrogens is 239 g/mol. The zero-order valence-corrected chi connectivity index (χ0v) is 10.3. The van der Waals surface area contributed by atoms with Gasteiger partial charge in [0.25, 0.3) is 0 Å². The molecule has 0 saturated heterocycles. The molecule has 0 aliphatic heterocycles. The standard InChI is InChI=1S/C10H18F3NOS/c1-3-4-7(2)5-15-6-8(9(14)16)10(11,12)13/h7-8H,3-6H2,1-2H3,(H2,14,16). The highest BCUT2D eigenvalue weighted by atomic mass is 32.1. The minimum absolute atomic E-state index is 0.255. The summed E-state index contributed by atoms with van der Waals surface area (Å²) in [5, 5.41) is 0. The number of nitrogens with two attached hydrogens (primary N) is 1. The van der Waals surface area contributed by atoms with Gasteiger partial charge in [-0.2, -0.15) is 13.2 Å². The van der Waals surface area contributed by atoms with Gasteiger partial charge in [0.1, 0.15) is 5.92 Å². The lowest BCUT2D eigenvalue weighted by atomic mass is 10.1. The molecule has 0 amide bonds. The van der Waals surface area contributed by atoms with E-state index < -0.39 is 23.7 Å². The molecule has 96 valence electrons. The number of hydrogen-bond donors (Lipinski definition) is 1. The van der Waals surface area contributed by atoms with Gasteiger partial charge in [0.2, 0.25) is 0 Å². The molecule has 2 N–H and O–H groups in total. The lowest BCUT2D eigenvalue weighted by Crippen LogP contribution is -2.38. The second kappa shape index (κ2) is 7.06. The van der Waals surface area contributed by atoms with Gasteiger partial charge in [-0.25, -0.2) is 0 Å². The van der Waals surface area contributed by atoms with Crippen molar-refractivity contribution >= 4 is 17.2 Å². The van der Waals surface area contributed by atoms with Gasteiger partial charge in [-0.3, -0.25) is 0 Å². The molecule has 2 nitrogen and oxygen atoms in total. The predicted molar refractivity (Wildman–Crippen MR) is 61.2 cm³/mol. The van der Waals surface area contributed by atoms with E-state index in [4.69, 9.17) is 10.5 Å². The van der Waals surface area contributed by atoms with Crippen LogP contribution >= 0.6 is 12.2 Å². The summed E-state index contributed by atoms with van der Waals surface area (Å²) in [6.45, 7) is 3.78. The van der Waals surface area contributed by atoms with Crippen molar-refractivity contribution in [2.45, 2.75) is 32.9 Å². The molecule has 0 rings (SSSR count). The van der Waals surface area contributed by atoms with Crippen molar-refractivity contribution in [1.82, 2.24) is 0 Å². The van der Waals surface area contributed by atoms with Gasteiger partial charge in [0, 0.05) is 6.61 Å². The van der Waals surface area contributed by atoms with Crippen molar-refractivity contribution in [1.29, 1.82) is 0 Å². The van der Waals surface area contributed by atoms with Crippen LogP contribution in [-0.2, 0) is 4.74 Å². The molecule has 16 heavy (non-hydrogen) atoms. The molecule has 0 aliphatic carbocycles. The Labute approximate surface area is 99.3 Å². The molecule has 0 aromatic rings. The average molecular weight is 257 g/mol. The second-order valence-corrected chi connectivity index (χ2v) is 4.40. The molecule has 0 spiro atoms. The summed E-state index contributed by atoms with van der Waals surface area (Å²) < 4.78 is 42.2. The Hall–Kier alpha value is -0.360. The Bertz CT molecular complexity index is 221. The highest BCUT2D eigenvalue weighted by Crippen LogP contribution is 2.26. The van der Waals surface area contributed by atoms with E-state index in [0.29, 0.717) is 6.61 Å². The number of hydrogen-bond acceptors (Lipinski definition) is 2. The fraction of sp³-hybridized carbons (Fsp3) is 0.900. The van der Waals surface area contributed by atoms with E-state index >= 15 is 0 Å². The number of thiocarbonyl (C=S) groups is 1. The fourth-order valence-corrected chi connectivity index (χ4v) is 1.50. The topological polar surface area (TPSA) is 35.2 Å². The molecule has 0 aromatic heterocycles. The molecule has 0 heterocycles. The first kappa shape index (κ1) is 15.6. The van der Waals surface area contributed by atoms with Gasteiger partial charge in [-0.1, -0.05) is 32.5 Å². The van der Waals surface area contributed by atoms with Crippen molar-refractivity contribution in [2.75, 3.05) is 13.2 Å². The quantitative estimate of drug-likeness (QED) is 0.712. The molecule has 2 atom stereocenters. The van der Waals surface area contributed by atoms with E-state index in [9.17, 15) is 13.2 Å². The van der Waals surface area contributed by atoms with Gasteiger partial charge in [-0.15, -0.1) is 0 Å². The zero-order chi connectivity index (χ0) is 12.8. The van der Waals surface area contributed by atoms with Crippen LogP contribution in [0.1, 0.15) is 26.7 Å². The highest BCUT2D eigenvalue weighted by Gasteiger charge is 2.41. The molecular formula is C10H18F3NOS. The summed E-state index contributed by atoms with van der Waals surface area (Å²) in [5.74, 6) is -1.58. The maximum absolute atomic E-state index is 12.4. The van der Waals surface area contributed by atoms with Crippen molar-refractivity contribution in [3.63, 3.8) is 0 Å². The van der Waals surface area contributed by atoms with Crippen LogP contribution in [0.2, 0.25) is 0 Å². The third-order valence-electron chi connectivity index (χ3n) is 2.21. The second-order valence-electron chi connectivity index (χ2n) is 3.93. The van der Waals surface area contributed by atoms with Crippen LogP contribution in [0.3, 0.4) is 0 Å². The molecule has 2 unspecified atom stereocenters. The summed E-state index contributed by atoms with van der Waals surface area (Å²) in [4.78, 5) is -0.560. The van der Waals surface area contributed by atoms with Gasteiger partial charge in [-0.05, 0) is 12.3 Å². The average Bonchev–Trinajstić information content (AvgIpc) is 2.10. The van der Waals surface area contributed by atoms with Crippen LogP contribution in [0.25, 0.3) is 0 Å². The van der Waals surface area contributed by atoms with Crippen LogP contribution in [0.5, 0.6) is 0 Å². The Balaban J connectivity index is 4.00. The number of alkyl halides is 3. The Kier molecular flexibility index (Phi) is 6.90. The van der Waals surface area contributed by atoms with Gasteiger partial charge in [0.15, 0.2) is 0 Å². The first-order valence-corrected chi connectivity index (χ1v) is 5.63. The number of rotatable bonds is 7. The van der Waals surface area contributed by atoms with Crippen molar-refractivity contribution in [3.8, 4) is 0 Å². The van der Waals surface area contributed by atoms with Crippen molar-refractivity contribution < 1.29 is 17.9 Å². The summed E-state index contributed by atoms with van der Waals surface area (Å²) in [6.07, 6.45) is -2.49. The summed E-state index contributed by atoms with van der Waals surface area (Å²) in [7, 11) is 0. The largest absolute Gasteiger partial charge is 0.400 e. The fourth-order valence-electron chi connectivity index (χ4n) is 1.30. The van der Waals surface area contributed by atoms with E-state index in [1.54, 1.807) is 0 Å². The van der Waals surface area contributed by atoms with E-state index in [2.05, 4.69) is 12.2 Å². The van der Waals surface area contributed by atoms with Gasteiger partial charge < -0.3 is 10.5 Å². The Morgan fingerprint density at radius 2 is 1.94 bits per heavy atom. The van der Waals surface area contributed by atoms with Crippen LogP contribution in [0.4, 0.5) is 13.2 Å². The number of ether oxygens (including phenoxy) is 1. The smallest absolute Gasteiger partial charge is 0.393 e. The molecule has 0 saturated carbocycles. The van der Waals surface area contributed by atoms with E-state index in [-0.39, 0.29) is 5.92 Å². The first-order valence-electron chi connectivity index (χ1n) is 5.22. The van der Waals surface area contributed by atoms with Crippen LogP contribution < -0.4 is 5.73 Å². The summed E-state index contributed by atoms with van der Waals surface area (Å²) in [6, 6.07) is 0. The molecule has 0 aliphatic rings. The third-order valence-corrected chi connectivity index (χ3v) is 2.49. The van der Waals surface area contributed by atoms with Crippen LogP contribution in [0, 0.1) is 11.8 Å². The van der Waals surface area contributed by atoms with E-state index in [0.717, 1.165) is 12.8 Å². The summed E-state index contributed by atoms with van der Waals surface area (Å²) in [5.41, 5.74) is 5.03. The van der Waals surface area contributed by atoms with Crippen LogP contribution in [-0.4, -0.2) is 24.4 Å². The molecule has 0 bridgehead atoms. The van der Waals surface area contributed by atoms with Gasteiger partial charge >= 0.3 is 6.18 Å². The molecule has 6 heteroatoms. The van der Waals surface area contributed by atoms with Crippen LogP contribution in [0.15, 0.2) is 0 Å². The first-order chi connectivity index (χ1) is 7.29. The maximum atomic E-state index is 12.4. The lowest BCUT2D eigenvalue weighted by Gasteiger charge is -2.20. The third kappa shape index (κ3) is 6.27. The highest BCUT2D eigenvalue weighted by molar-refractivity contribution is 7.80. The predicted octanol–water partition coefficient (Wildman–Crippen LogP) is 2.90. The monoisotopic (exact) mass is 257 g/mol. The maximum Gasteiger partial charge on any atom is 0.400 e. The lowest BCUT2D eigenvalue weighted by molar-refractivity contribution is -0.168. The van der Waals surface area contributed by atoms with E-state index in [1.165, 1.54) is 0 Å². The molecule has 0 fully saturated rings. The number of halogens is 3. The molecule has 0 aromatic carbocycles. The van der Waals surface area contributed by atoms with Crippen molar-refractivity contribution in [3.05, 3.63) is 0 Å². The zero-order valence-electron chi connectivity index (χ0n) is 9.51. The van der Waals surface area contributed by atoms with Crippen molar-refractivity contribution in [2.24, 2.45) is 17.6 Å². The minimum atomic E-state index is -4.42. The summed E-state index contributed by atoms with van der Waals surface area (Å²) >= 11 is 4.37. The normalized spacial score (nSPS) is 15.8.